The molecule has 0 bridgehead atoms. The molecule has 0 aliphatic carbocycles. The molecule has 0 aromatic rings. The van der Waals surface area contributed by atoms with Gasteiger partial charge < -0.3 is 38.9 Å². The van der Waals surface area contributed by atoms with E-state index in [-0.39, 0.29) is 37.7 Å². The molecule has 17 heavy (non-hydrogen) atoms. The van der Waals surface area contributed by atoms with Gasteiger partial charge in [0.15, 0.2) is 11.9 Å². The zero-order valence-electron chi connectivity index (χ0n) is 8.31. The summed E-state index contributed by atoms with van der Waals surface area (Å²) in [7, 11) is -5.51. The van der Waals surface area contributed by atoms with E-state index in [0.717, 1.165) is 0 Å². The van der Waals surface area contributed by atoms with Crippen LogP contribution >= 0.6 is 7.82 Å². The third-order valence-electron chi connectivity index (χ3n) is 1.67. The first-order valence-electron chi connectivity index (χ1n) is 3.91. The molecule has 92 valence electrons. The Hall–Kier alpha value is 0.140. The van der Waals surface area contributed by atoms with Gasteiger partial charge in [-0.1, -0.05) is 0 Å². The van der Waals surface area contributed by atoms with Gasteiger partial charge >= 0.3 is 43.7 Å². The number of esters is 1. The molecule has 0 aromatic carbocycles. The van der Waals surface area contributed by atoms with Gasteiger partial charge in [0, 0.05) is 0 Å². The minimum absolute atomic E-state index is 0. The molecule has 0 fully saturated rings. The maximum Gasteiger partial charge on any atom is 2.00 e. The molecule has 1 aliphatic heterocycles. The maximum atomic E-state index is 10.8. The molecule has 2 atom stereocenters. The van der Waals surface area contributed by atoms with E-state index >= 15 is 0 Å². The van der Waals surface area contributed by atoms with Crippen LogP contribution in [0.25, 0.3) is 0 Å². The van der Waals surface area contributed by atoms with Crippen LogP contribution in [0.2, 0.25) is 0 Å². The fraction of sp³-hybridized carbons (Fsp3) is 0.500. The number of carbonyl (C=O) groups is 1. The number of phosphoric ester groups is 1. The third kappa shape index (κ3) is 4.38. The normalized spacial score (nSPS) is 21.9. The van der Waals surface area contributed by atoms with Crippen molar-refractivity contribution < 1.29 is 43.7 Å². The summed E-state index contributed by atoms with van der Waals surface area (Å²) in [6, 6.07) is 0. The van der Waals surface area contributed by atoms with E-state index in [1.165, 1.54) is 0 Å². The third-order valence-corrected chi connectivity index (χ3v) is 2.09. The number of carbonyl (C=O) groups excluding carboxylic acids is 1. The van der Waals surface area contributed by atoms with E-state index in [4.69, 9.17) is 15.3 Å². The van der Waals surface area contributed by atoms with Crippen LogP contribution in [0.5, 0.6) is 0 Å². The number of phosphoric acid groups is 1. The molecule has 0 amide bonds. The zero-order chi connectivity index (χ0) is 12.5. The van der Waals surface area contributed by atoms with Crippen LogP contribution in [0, 0.1) is 0 Å². The maximum absolute atomic E-state index is 10.8. The first-order chi connectivity index (χ1) is 7.26. The van der Waals surface area contributed by atoms with E-state index < -0.39 is 44.1 Å². The minimum atomic E-state index is -5.51. The van der Waals surface area contributed by atoms with Gasteiger partial charge in [-0.3, -0.25) is 0 Å². The number of rotatable bonds is 4. The average molecular weight is 294 g/mol. The molecule has 0 saturated heterocycles. The fourth-order valence-electron chi connectivity index (χ4n) is 1.02. The number of hydrogen-bond donors (Lipinski definition) is 3. The Bertz CT molecular complexity index is 374. The van der Waals surface area contributed by atoms with Gasteiger partial charge in [0.25, 0.3) is 0 Å². The van der Waals surface area contributed by atoms with Crippen LogP contribution in [0.3, 0.4) is 0 Å². The number of aliphatic hydroxyl groups excluding tert-OH is 3. The van der Waals surface area contributed by atoms with Crippen LogP contribution in [0.15, 0.2) is 11.5 Å². The Labute approximate surface area is 125 Å². The van der Waals surface area contributed by atoms with Crippen LogP contribution in [0.4, 0.5) is 0 Å². The summed E-state index contributed by atoms with van der Waals surface area (Å²) in [5, 5.41) is 26.7. The number of cyclic esters (lactones) is 1. The smallest absolute Gasteiger partial charge is 0.780 e. The average Bonchev–Trinajstić information content (AvgIpc) is 2.43. The molecule has 9 nitrogen and oxygen atoms in total. The summed E-state index contributed by atoms with van der Waals surface area (Å²) in [6.45, 7) is -0.889. The number of hydrogen-bond acceptors (Lipinski definition) is 9. The molecule has 0 radical (unpaired) electrons. The molecule has 0 saturated carbocycles. The van der Waals surface area contributed by atoms with Gasteiger partial charge in [-0.2, -0.15) is 0 Å². The van der Waals surface area contributed by atoms with Gasteiger partial charge in [0.1, 0.15) is 13.9 Å². The summed E-state index contributed by atoms with van der Waals surface area (Å²) in [5.41, 5.74) is 0. The van der Waals surface area contributed by atoms with Crippen molar-refractivity contribution in [2.24, 2.45) is 0 Å². The Morgan fingerprint density at radius 2 is 2.06 bits per heavy atom. The minimum Gasteiger partial charge on any atom is -0.780 e. The predicted molar refractivity (Wildman–Crippen MR) is 47.1 cm³/mol. The molecule has 0 unspecified atom stereocenters. The van der Waals surface area contributed by atoms with Crippen molar-refractivity contribution in [2.75, 3.05) is 6.61 Å². The van der Waals surface area contributed by atoms with E-state index in [9.17, 15) is 19.1 Å². The van der Waals surface area contributed by atoms with Crippen molar-refractivity contribution in [3.8, 4) is 0 Å². The number of ether oxygens (including phenoxy) is 1. The Morgan fingerprint density at radius 3 is 2.47 bits per heavy atom. The van der Waals surface area contributed by atoms with Crippen molar-refractivity contribution in [1.82, 2.24) is 0 Å². The van der Waals surface area contributed by atoms with E-state index in [1.807, 2.05) is 0 Å². The second-order valence-electron chi connectivity index (χ2n) is 2.83. The van der Waals surface area contributed by atoms with Gasteiger partial charge in [0.2, 0.25) is 5.76 Å². The first kappa shape index (κ1) is 17.1. The second kappa shape index (κ2) is 6.35. The Morgan fingerprint density at radius 1 is 1.53 bits per heavy atom. The summed E-state index contributed by atoms with van der Waals surface area (Å²) < 4.78 is 18.4. The monoisotopic (exact) mass is 294 g/mol. The fourth-order valence-corrected chi connectivity index (χ4v) is 1.46. The summed E-state index contributed by atoms with van der Waals surface area (Å²) in [5.74, 6) is -3.62. The first-order valence-corrected chi connectivity index (χ1v) is 5.37. The Kier molecular flexibility index (Phi) is 6.40. The predicted octanol–water partition coefficient (Wildman–Crippen LogP) is -3.50. The van der Waals surface area contributed by atoms with Crippen LogP contribution in [-0.2, 0) is 18.6 Å². The Balaban J connectivity index is 0.00000256. The van der Waals surface area contributed by atoms with Gasteiger partial charge in [0.05, 0.1) is 6.61 Å². The second-order valence-corrected chi connectivity index (χ2v) is 3.90. The van der Waals surface area contributed by atoms with Crippen LogP contribution in [-0.4, -0.2) is 77.8 Å². The van der Waals surface area contributed by atoms with Gasteiger partial charge in [-0.05, 0) is 0 Å². The quantitative estimate of drug-likeness (QED) is 0.271. The van der Waals surface area contributed by atoms with Crippen LogP contribution < -0.4 is 9.79 Å². The molecular formula is C6H7CaO9P. The van der Waals surface area contributed by atoms with Crippen LogP contribution in [0.1, 0.15) is 0 Å². The largest absolute Gasteiger partial charge is 2.00 e. The molecule has 3 N–H and O–H groups in total. The van der Waals surface area contributed by atoms with E-state index in [2.05, 4.69) is 9.26 Å². The van der Waals surface area contributed by atoms with E-state index in [0.29, 0.717) is 0 Å². The topological polar surface area (TPSA) is 159 Å². The molecule has 0 aromatic heterocycles. The molecule has 1 heterocycles. The standard InChI is InChI=1S/C6H9O9P.Ca/c7-1-2(8)4-5(15-16(11,12)13)3(9)6(10)14-4;/h2,4,7-9H,1H2,(H2,11,12,13);/q;+2/p-2/t2-,4+;/m0./s1. The summed E-state index contributed by atoms with van der Waals surface area (Å²) in [4.78, 5) is 31.4. The van der Waals surface area contributed by atoms with Crippen molar-refractivity contribution in [1.29, 1.82) is 0 Å². The van der Waals surface area contributed by atoms with Gasteiger partial charge in [-0.25, -0.2) is 4.79 Å². The number of aliphatic hydroxyl groups is 3. The summed E-state index contributed by atoms with van der Waals surface area (Å²) in [6.07, 6.45) is -3.44. The van der Waals surface area contributed by atoms with E-state index in [1.54, 1.807) is 0 Å². The summed E-state index contributed by atoms with van der Waals surface area (Å²) >= 11 is 0. The SMILES string of the molecule is O=C1O[C@H]([C@@H](O)CO)C(OP(=O)([O-])[O-])=C1O.[Ca+2]. The van der Waals surface area contributed by atoms with Gasteiger partial charge in [-0.15, -0.1) is 0 Å². The van der Waals surface area contributed by atoms with Crippen molar-refractivity contribution in [3.63, 3.8) is 0 Å². The van der Waals surface area contributed by atoms with Crippen molar-refractivity contribution in [3.05, 3.63) is 11.5 Å². The molecule has 1 aliphatic rings. The molecule has 11 heteroatoms. The molecule has 0 spiro atoms. The van der Waals surface area contributed by atoms with Crippen molar-refractivity contribution in [2.45, 2.75) is 12.2 Å². The molecular weight excluding hydrogens is 287 g/mol. The molecule has 1 rings (SSSR count). The van der Waals surface area contributed by atoms with Crippen molar-refractivity contribution >= 4 is 51.5 Å². The zero-order valence-corrected chi connectivity index (χ0v) is 11.4.